The molecule has 0 atom stereocenters. The summed E-state index contributed by atoms with van der Waals surface area (Å²) in [6.07, 6.45) is 3.56. The van der Waals surface area contributed by atoms with Crippen LogP contribution < -0.4 is 10.1 Å². The van der Waals surface area contributed by atoms with Gasteiger partial charge in [0.05, 0.1) is 31.3 Å². The van der Waals surface area contributed by atoms with Gasteiger partial charge in [-0.05, 0) is 61.1 Å². The van der Waals surface area contributed by atoms with E-state index in [4.69, 9.17) is 9.47 Å². The van der Waals surface area contributed by atoms with E-state index >= 15 is 0 Å². The van der Waals surface area contributed by atoms with E-state index in [0.717, 1.165) is 49.1 Å². The normalized spacial score (nSPS) is 21.5. The second-order valence-electron chi connectivity index (χ2n) is 7.27. The highest BCUT2D eigenvalue weighted by atomic mass is 16.5. The van der Waals surface area contributed by atoms with Crippen molar-refractivity contribution < 1.29 is 14.3 Å². The minimum atomic E-state index is -0.436. The van der Waals surface area contributed by atoms with Crippen LogP contribution in [0.25, 0.3) is 0 Å². The third-order valence-corrected chi connectivity index (χ3v) is 5.65. The summed E-state index contributed by atoms with van der Waals surface area (Å²) in [6.45, 7) is 0.741. The Balaban J connectivity index is 1.57. The van der Waals surface area contributed by atoms with E-state index in [0.29, 0.717) is 11.6 Å². The van der Waals surface area contributed by atoms with E-state index in [9.17, 15) is 10.1 Å². The quantitative estimate of drug-likeness (QED) is 0.770. The van der Waals surface area contributed by atoms with Crippen LogP contribution in [0.4, 0.5) is 0 Å². The summed E-state index contributed by atoms with van der Waals surface area (Å²) in [4.78, 5) is 11.5. The number of esters is 1. The summed E-state index contributed by atoms with van der Waals surface area (Å²) in [5.41, 5.74) is 2.29. The summed E-state index contributed by atoms with van der Waals surface area (Å²) >= 11 is 0. The number of benzene rings is 2. The van der Waals surface area contributed by atoms with Crippen LogP contribution >= 0.6 is 0 Å². The predicted octanol–water partition coefficient (Wildman–Crippen LogP) is 3.98. The maximum atomic E-state index is 11.5. The Morgan fingerprint density at radius 3 is 2.50 bits per heavy atom. The number of nitrogens with one attached hydrogen (secondary N) is 1. The highest BCUT2D eigenvalue weighted by molar-refractivity contribution is 5.89. The van der Waals surface area contributed by atoms with Crippen LogP contribution in [-0.4, -0.2) is 26.2 Å². The van der Waals surface area contributed by atoms with Crippen molar-refractivity contribution in [1.29, 1.82) is 5.26 Å². The Kier molecular flexibility index (Phi) is 6.33. The lowest BCUT2D eigenvalue weighted by Crippen LogP contribution is -2.39. The minimum Gasteiger partial charge on any atom is -0.497 e. The van der Waals surface area contributed by atoms with E-state index in [1.54, 1.807) is 19.2 Å². The fourth-order valence-electron chi connectivity index (χ4n) is 3.84. The number of hydrogen-bond donors (Lipinski definition) is 1. The highest BCUT2D eigenvalue weighted by Gasteiger charge is 2.37. The Hall–Kier alpha value is -2.84. The second kappa shape index (κ2) is 8.90. The molecule has 0 radical (unpaired) electrons. The molecule has 2 aromatic rings. The molecule has 28 heavy (non-hydrogen) atoms. The van der Waals surface area contributed by atoms with Gasteiger partial charge in [0.2, 0.25) is 0 Å². The number of methoxy groups -OCH3 is 2. The van der Waals surface area contributed by atoms with Crippen molar-refractivity contribution >= 4 is 5.97 Å². The average Bonchev–Trinajstić information content (AvgIpc) is 2.78. The first-order valence-corrected chi connectivity index (χ1v) is 9.56. The Morgan fingerprint density at radius 2 is 1.89 bits per heavy atom. The molecule has 1 aliphatic carbocycles. The van der Waals surface area contributed by atoms with Crippen LogP contribution in [0.2, 0.25) is 0 Å². The zero-order valence-corrected chi connectivity index (χ0v) is 16.4. The van der Waals surface area contributed by atoms with Gasteiger partial charge in [-0.1, -0.05) is 24.3 Å². The van der Waals surface area contributed by atoms with Crippen LogP contribution in [0.5, 0.6) is 5.75 Å². The molecule has 0 aliphatic heterocycles. The molecule has 1 N–H and O–H groups in total. The molecule has 5 nitrogen and oxygen atoms in total. The molecular formula is C23H26N2O3. The first kappa shape index (κ1) is 19.9. The SMILES string of the molecule is COC(=O)c1ccc(CN[C@H]2CC[C@@](C#N)(c3cccc(OC)c3)CC2)cc1. The Labute approximate surface area is 166 Å². The van der Waals surface area contributed by atoms with Gasteiger partial charge in [-0.3, -0.25) is 0 Å². The van der Waals surface area contributed by atoms with Crippen LogP contribution in [0.1, 0.15) is 47.2 Å². The molecule has 1 fully saturated rings. The molecule has 0 amide bonds. The van der Waals surface area contributed by atoms with Gasteiger partial charge >= 0.3 is 5.97 Å². The van der Waals surface area contributed by atoms with Crippen molar-refractivity contribution in [2.75, 3.05) is 14.2 Å². The van der Waals surface area contributed by atoms with E-state index < -0.39 is 5.41 Å². The van der Waals surface area contributed by atoms with Gasteiger partial charge in [0.1, 0.15) is 5.75 Å². The number of ether oxygens (including phenoxy) is 2. The van der Waals surface area contributed by atoms with Crippen LogP contribution in [0.15, 0.2) is 48.5 Å². The molecule has 2 aromatic carbocycles. The maximum absolute atomic E-state index is 11.5. The Bertz CT molecular complexity index is 847. The molecule has 0 heterocycles. The molecular weight excluding hydrogens is 352 g/mol. The van der Waals surface area contributed by atoms with Gasteiger partial charge < -0.3 is 14.8 Å². The van der Waals surface area contributed by atoms with E-state index in [2.05, 4.69) is 11.4 Å². The zero-order valence-electron chi connectivity index (χ0n) is 16.4. The molecule has 3 rings (SSSR count). The Morgan fingerprint density at radius 1 is 1.18 bits per heavy atom. The molecule has 0 unspecified atom stereocenters. The molecule has 0 aromatic heterocycles. The summed E-state index contributed by atoms with van der Waals surface area (Å²) in [6, 6.07) is 18.3. The summed E-state index contributed by atoms with van der Waals surface area (Å²) in [5, 5.41) is 13.5. The average molecular weight is 378 g/mol. The first-order valence-electron chi connectivity index (χ1n) is 9.56. The third-order valence-electron chi connectivity index (χ3n) is 5.65. The van der Waals surface area contributed by atoms with Gasteiger partial charge in [0, 0.05) is 12.6 Å². The van der Waals surface area contributed by atoms with Gasteiger partial charge in [-0.15, -0.1) is 0 Å². The van der Waals surface area contributed by atoms with Crippen LogP contribution in [-0.2, 0) is 16.7 Å². The number of nitriles is 1. The highest BCUT2D eigenvalue weighted by Crippen LogP contribution is 2.40. The standard InChI is InChI=1S/C23H26N2O3/c1-27-21-5-3-4-19(14-21)23(16-24)12-10-20(11-13-23)25-15-17-6-8-18(9-7-17)22(26)28-2/h3-9,14,20,25H,10-13,15H2,1-2H3/t20-,23+. The number of nitrogens with zero attached hydrogens (tertiary/aromatic N) is 1. The fraction of sp³-hybridized carbons (Fsp3) is 0.391. The zero-order chi connectivity index (χ0) is 20.0. The lowest BCUT2D eigenvalue weighted by Gasteiger charge is -2.36. The third kappa shape index (κ3) is 4.35. The smallest absolute Gasteiger partial charge is 0.337 e. The minimum absolute atomic E-state index is 0.322. The lowest BCUT2D eigenvalue weighted by molar-refractivity contribution is 0.0600. The molecule has 1 aliphatic rings. The number of rotatable bonds is 6. The second-order valence-corrected chi connectivity index (χ2v) is 7.27. The van der Waals surface area contributed by atoms with E-state index in [1.807, 2.05) is 36.4 Å². The van der Waals surface area contributed by atoms with Gasteiger partial charge in [0.15, 0.2) is 0 Å². The topological polar surface area (TPSA) is 71.3 Å². The monoisotopic (exact) mass is 378 g/mol. The number of hydrogen-bond acceptors (Lipinski definition) is 5. The molecule has 0 spiro atoms. The van der Waals surface area contributed by atoms with Crippen LogP contribution in [0, 0.1) is 11.3 Å². The first-order chi connectivity index (χ1) is 13.6. The van der Waals surface area contributed by atoms with Crippen LogP contribution in [0.3, 0.4) is 0 Å². The lowest BCUT2D eigenvalue weighted by atomic mass is 9.69. The van der Waals surface area contributed by atoms with Gasteiger partial charge in [-0.2, -0.15) is 5.26 Å². The van der Waals surface area contributed by atoms with Crippen molar-refractivity contribution in [1.82, 2.24) is 5.32 Å². The van der Waals surface area contributed by atoms with Crippen molar-refractivity contribution in [3.8, 4) is 11.8 Å². The largest absolute Gasteiger partial charge is 0.497 e. The summed E-state index contributed by atoms with van der Waals surface area (Å²) in [7, 11) is 3.03. The maximum Gasteiger partial charge on any atom is 0.337 e. The fourth-order valence-corrected chi connectivity index (χ4v) is 3.84. The molecule has 1 saturated carbocycles. The van der Waals surface area contributed by atoms with Crippen molar-refractivity contribution in [2.24, 2.45) is 0 Å². The predicted molar refractivity (Wildman–Crippen MR) is 107 cm³/mol. The van der Waals surface area contributed by atoms with Gasteiger partial charge in [-0.25, -0.2) is 4.79 Å². The van der Waals surface area contributed by atoms with Crippen molar-refractivity contribution in [3.63, 3.8) is 0 Å². The number of carbonyl (C=O) groups excluding carboxylic acids is 1. The summed E-state index contributed by atoms with van der Waals surface area (Å²) in [5.74, 6) is 0.472. The number of carbonyl (C=O) groups is 1. The molecule has 146 valence electrons. The van der Waals surface area contributed by atoms with E-state index in [1.165, 1.54) is 7.11 Å². The molecule has 5 heteroatoms. The van der Waals surface area contributed by atoms with Crippen molar-refractivity contribution in [2.45, 2.75) is 43.7 Å². The molecule has 0 bridgehead atoms. The summed E-state index contributed by atoms with van der Waals surface area (Å²) < 4.78 is 10.0. The van der Waals surface area contributed by atoms with Gasteiger partial charge in [0.25, 0.3) is 0 Å². The van der Waals surface area contributed by atoms with E-state index in [-0.39, 0.29) is 5.97 Å². The van der Waals surface area contributed by atoms with Crippen molar-refractivity contribution in [3.05, 3.63) is 65.2 Å². The molecule has 0 saturated heterocycles.